The molecule has 15 heterocycles. The number of nitrogens with zero attached hydrogens (tertiary/aromatic N) is 16. The van der Waals surface area contributed by atoms with E-state index in [-0.39, 0.29) is 33.8 Å². The quantitative estimate of drug-likeness (QED) is 0.123. The zero-order chi connectivity index (χ0) is 66.3. The van der Waals surface area contributed by atoms with Gasteiger partial charge in [-0.05, 0) is 178 Å². The number of thiazole rings is 3. The molecule has 9 aromatic heterocycles. The minimum Gasteiger partial charge on any atom is -0.348 e. The number of rotatable bonds is 9. The average Bonchev–Trinajstić information content (AvgIpc) is 1.61. The third kappa shape index (κ3) is 11.8. The van der Waals surface area contributed by atoms with Crippen LogP contribution in [0.25, 0.3) is 97.5 Å². The average molecular weight is 1340 g/mol. The maximum atomic E-state index is 14.6. The highest BCUT2D eigenvalue weighted by Gasteiger charge is 2.51. The highest BCUT2D eigenvalue weighted by atomic mass is 32.1. The summed E-state index contributed by atoms with van der Waals surface area (Å²) in [5, 5.41) is 39.4. The lowest BCUT2D eigenvalue weighted by Gasteiger charge is -2.45. The van der Waals surface area contributed by atoms with Gasteiger partial charge >= 0.3 is 0 Å². The fourth-order valence-corrected chi connectivity index (χ4v) is 19.7. The summed E-state index contributed by atoms with van der Waals surface area (Å²) in [5.74, 6) is -0.650. The Morgan fingerprint density at radius 1 is 0.490 bits per heavy atom. The number of hydrogen-bond acceptors (Lipinski definition) is 19. The molecule has 6 aliphatic heterocycles. The first-order valence-electron chi connectivity index (χ1n) is 33.5. The number of aromatic nitrogens is 12. The fraction of sp³-hybridized carbons (Fsp3) is 0.444. The van der Waals surface area contributed by atoms with E-state index in [4.69, 9.17) is 29.9 Å². The van der Waals surface area contributed by atoms with E-state index in [9.17, 15) is 14.0 Å². The number of halogens is 2. The summed E-state index contributed by atoms with van der Waals surface area (Å²) < 4.78 is 34.1. The summed E-state index contributed by atoms with van der Waals surface area (Å²) in [6, 6.07) is 27.7. The van der Waals surface area contributed by atoms with E-state index in [0.29, 0.717) is 46.8 Å². The normalized spacial score (nSPS) is 25.9. The minimum absolute atomic E-state index is 0.211. The molecule has 0 aliphatic carbocycles. The van der Waals surface area contributed by atoms with Gasteiger partial charge in [-0.15, -0.1) is 0 Å². The van der Waals surface area contributed by atoms with Crippen LogP contribution >= 0.6 is 34.0 Å². The van der Waals surface area contributed by atoms with Crippen molar-refractivity contribution in [2.75, 3.05) is 35.8 Å². The first kappa shape index (κ1) is 62.6. The predicted molar refractivity (Wildman–Crippen MR) is 383 cm³/mol. The molecule has 494 valence electrons. The van der Waals surface area contributed by atoms with Crippen LogP contribution in [0.2, 0.25) is 0 Å². The van der Waals surface area contributed by atoms with Crippen LogP contribution in [0.15, 0.2) is 91.4 Å². The molecule has 6 aliphatic rings. The van der Waals surface area contributed by atoms with Crippen LogP contribution in [0, 0.1) is 23.0 Å². The fourth-order valence-electron chi connectivity index (χ4n) is 16.8. The third-order valence-electron chi connectivity index (χ3n) is 21.5. The molecular weight excluding hydrogens is 1270 g/mol. The monoisotopic (exact) mass is 1340 g/mol. The van der Waals surface area contributed by atoms with Gasteiger partial charge in [0.2, 0.25) is 0 Å². The van der Waals surface area contributed by atoms with Crippen molar-refractivity contribution in [3.8, 4) is 39.8 Å². The molecule has 6 unspecified atom stereocenters. The van der Waals surface area contributed by atoms with Gasteiger partial charge in [-0.1, -0.05) is 40.4 Å². The number of hydrogen-bond donors (Lipinski definition) is 3. The number of aryl methyl sites for hydroxylation is 3. The molecular formula is C72H79F2N19S3. The lowest BCUT2D eigenvalue weighted by atomic mass is 9.83. The molecule has 0 spiro atoms. The number of nitriles is 1. The van der Waals surface area contributed by atoms with E-state index in [2.05, 4.69) is 107 Å². The van der Waals surface area contributed by atoms with Gasteiger partial charge in [0, 0.05) is 146 Å². The Hall–Kier alpha value is -8.18. The standard InChI is InChI=1S/C25H27N7S.C24H27FN6S.C23H25FN6S/c1-24-7-8-25(2,30-24)12-18(11-24)32(4)23-28-20-6-5-19(27-22(20)33-23)15-9-16(13-26)21-17(10-15)14-31(3)29-21;1-23-7-8-24(2,29-23)12-16(11-23)31(4)22-27-19-6-5-18(26-21(19)32-22)14-9-15-13-30(3)28-20(15)17(25)10-14;1-29-12-14-8-13(9-18(24)21(14)28-29)19-6-7-20-22(26-19)31-23(27-20)30(2)17-10-15-4-3-5-16(11-17)25-15/h5-6,9-10,14,18,30H,7-8,11-12H2,1-4H3;5-6,9-10,13,16,29H,7-8,11-12H2,1-4H3;6-9,12,15-17,25H,3-5,10-11H2,1-2H3. The second kappa shape index (κ2) is 23.5. The molecule has 6 fully saturated rings. The van der Waals surface area contributed by atoms with Crippen LogP contribution in [-0.4, -0.2) is 133 Å². The minimum atomic E-state index is -0.327. The van der Waals surface area contributed by atoms with E-state index in [1.807, 2.05) is 80.2 Å². The zero-order valence-corrected chi connectivity index (χ0v) is 58.3. The van der Waals surface area contributed by atoms with Crippen molar-refractivity contribution in [1.29, 1.82) is 5.26 Å². The van der Waals surface area contributed by atoms with Crippen molar-refractivity contribution >= 4 is 113 Å². The number of anilines is 3. The Balaban J connectivity index is 0.000000113. The van der Waals surface area contributed by atoms with Crippen LogP contribution in [0.5, 0.6) is 0 Å². The molecule has 24 heteroatoms. The van der Waals surface area contributed by atoms with E-state index in [1.165, 1.54) is 69.9 Å². The second-order valence-electron chi connectivity index (χ2n) is 29.4. The first-order valence-corrected chi connectivity index (χ1v) is 35.9. The van der Waals surface area contributed by atoms with E-state index in [0.717, 1.165) is 128 Å². The highest BCUT2D eigenvalue weighted by molar-refractivity contribution is 7.22. The van der Waals surface area contributed by atoms with Crippen molar-refractivity contribution in [1.82, 2.24) is 75.2 Å². The molecule has 3 aromatic carbocycles. The van der Waals surface area contributed by atoms with Gasteiger partial charge in [0.25, 0.3) is 0 Å². The van der Waals surface area contributed by atoms with Crippen LogP contribution in [0.4, 0.5) is 24.2 Å². The summed E-state index contributed by atoms with van der Waals surface area (Å²) >= 11 is 4.88. The lowest BCUT2D eigenvalue weighted by Crippen LogP contribution is -2.58. The number of fused-ring (bicyclic) bond motifs is 12. The Morgan fingerprint density at radius 2 is 0.844 bits per heavy atom. The van der Waals surface area contributed by atoms with Crippen LogP contribution in [-0.2, 0) is 21.1 Å². The zero-order valence-electron chi connectivity index (χ0n) is 55.9. The van der Waals surface area contributed by atoms with Crippen molar-refractivity contribution in [3.63, 3.8) is 0 Å². The number of nitrogens with one attached hydrogen (secondary N) is 3. The van der Waals surface area contributed by atoms with E-state index >= 15 is 0 Å². The van der Waals surface area contributed by atoms with Crippen molar-refractivity contribution in [2.45, 2.75) is 164 Å². The van der Waals surface area contributed by atoms with E-state index < -0.39 is 0 Å². The van der Waals surface area contributed by atoms with E-state index in [1.54, 1.807) is 62.2 Å². The summed E-state index contributed by atoms with van der Waals surface area (Å²) in [7, 11) is 12.0. The largest absolute Gasteiger partial charge is 0.348 e. The summed E-state index contributed by atoms with van der Waals surface area (Å²) in [4.78, 5) is 39.0. The Morgan fingerprint density at radius 3 is 1.23 bits per heavy atom. The molecule has 0 saturated carbocycles. The topological polar surface area (TPSA) is 200 Å². The summed E-state index contributed by atoms with van der Waals surface area (Å²) in [5.41, 5.74) is 10.4. The maximum absolute atomic E-state index is 14.6. The molecule has 3 N–H and O–H groups in total. The molecule has 12 aromatic rings. The Kier molecular flexibility index (Phi) is 15.4. The molecule has 19 nitrogen and oxygen atoms in total. The molecule has 6 atom stereocenters. The lowest BCUT2D eigenvalue weighted by molar-refractivity contribution is 0.207. The molecule has 6 saturated heterocycles. The summed E-state index contributed by atoms with van der Waals surface area (Å²) in [6.07, 6.45) is 21.3. The number of piperidine rings is 4. The SMILES string of the molecule is CN(c1nc2ccc(-c3cc(C#N)c4nn(C)cc4c3)nc2s1)C1CC2(C)CCC(C)(C1)N2.CN(c1nc2ccc(-c3cc(F)c4nn(C)cc4c3)nc2s1)C1CC2(C)CCC(C)(C1)N2.CN(c1nc2ccc(-c3cc(F)c4nn(C)cc4c3)nc2s1)C1CC2CCCC(C1)N2. The number of pyridine rings is 3. The van der Waals surface area contributed by atoms with Crippen molar-refractivity contribution in [3.05, 3.63) is 109 Å². The molecule has 0 amide bonds. The molecule has 96 heavy (non-hydrogen) atoms. The smallest absolute Gasteiger partial charge is 0.187 e. The predicted octanol–water partition coefficient (Wildman–Crippen LogP) is 14.0. The van der Waals surface area contributed by atoms with Crippen molar-refractivity contribution < 1.29 is 8.78 Å². The van der Waals surface area contributed by atoms with Crippen LogP contribution in [0.1, 0.15) is 117 Å². The Bertz CT molecular complexity index is 5030. The molecule has 0 radical (unpaired) electrons. The van der Waals surface area contributed by atoms with Gasteiger partial charge in [-0.3, -0.25) is 14.0 Å². The molecule has 18 rings (SSSR count). The number of benzene rings is 3. The van der Waals surface area contributed by atoms with Crippen LogP contribution < -0.4 is 30.7 Å². The molecule has 6 bridgehead atoms. The maximum Gasteiger partial charge on any atom is 0.187 e. The van der Waals surface area contributed by atoms with Gasteiger partial charge in [0.1, 0.15) is 53.7 Å². The van der Waals surface area contributed by atoms with Crippen LogP contribution in [0.3, 0.4) is 0 Å². The second-order valence-corrected chi connectivity index (χ2v) is 32.3. The van der Waals surface area contributed by atoms with Gasteiger partial charge < -0.3 is 30.7 Å². The van der Waals surface area contributed by atoms with Gasteiger partial charge in [0.15, 0.2) is 27.0 Å². The van der Waals surface area contributed by atoms with Gasteiger partial charge in [0.05, 0.1) is 22.6 Å². The summed E-state index contributed by atoms with van der Waals surface area (Å²) in [6.45, 7) is 9.42. The van der Waals surface area contributed by atoms with Gasteiger partial charge in [-0.2, -0.15) is 20.6 Å². The Labute approximate surface area is 568 Å². The highest BCUT2D eigenvalue weighted by Crippen LogP contribution is 2.47. The first-order chi connectivity index (χ1) is 46.0. The van der Waals surface area contributed by atoms with Gasteiger partial charge in [-0.25, -0.2) is 38.7 Å². The third-order valence-corrected chi connectivity index (χ3v) is 24.6. The van der Waals surface area contributed by atoms with Crippen molar-refractivity contribution in [2.24, 2.45) is 21.1 Å².